The molecule has 1 aliphatic carbocycles. The van der Waals surface area contributed by atoms with E-state index < -0.39 is 0 Å². The Balaban J connectivity index is 0.000000155. The molecule has 2 fully saturated rings. The average molecular weight is 432 g/mol. The van der Waals surface area contributed by atoms with E-state index >= 15 is 0 Å². The van der Waals surface area contributed by atoms with Crippen molar-refractivity contribution in [2.75, 3.05) is 42.7 Å². The quantitative estimate of drug-likeness (QED) is 0.522. The standard InChI is InChI=1S/C14H21N.C13H16N4/c1-3-12(4-2)13-8-5-6-9-14(13)15-10-7-11-15;1-17(2)9-5-6-11-10(7-9)12(14)16-13(15-11)8-3-4-8/h5-6,8-9,12H,3-4,7,10-11H2,1-2H3;5-8H,3-4H2,1-2H3,(H2,14,15,16). The summed E-state index contributed by atoms with van der Waals surface area (Å²) in [5, 5.41) is 0.945. The Morgan fingerprint density at radius 2 is 1.75 bits per heavy atom. The average Bonchev–Trinajstić information content (AvgIpc) is 3.60. The molecular formula is C27H37N5. The SMILES string of the molecule is CCC(CC)c1ccccc1N1CCC1.CN(C)c1ccc2nc(C3CC3)nc(N)c2c1. The topological polar surface area (TPSA) is 58.3 Å². The van der Waals surface area contributed by atoms with Crippen LogP contribution in [0.2, 0.25) is 0 Å². The van der Waals surface area contributed by atoms with E-state index in [2.05, 4.69) is 59.0 Å². The van der Waals surface area contributed by atoms with Crippen LogP contribution in [0.4, 0.5) is 17.2 Å². The molecule has 0 atom stereocenters. The van der Waals surface area contributed by atoms with Crippen LogP contribution in [-0.4, -0.2) is 37.2 Å². The van der Waals surface area contributed by atoms with Gasteiger partial charge >= 0.3 is 0 Å². The van der Waals surface area contributed by atoms with E-state index in [9.17, 15) is 0 Å². The van der Waals surface area contributed by atoms with Crippen molar-refractivity contribution in [3.63, 3.8) is 0 Å². The van der Waals surface area contributed by atoms with E-state index in [1.165, 1.54) is 50.9 Å². The highest BCUT2D eigenvalue weighted by atomic mass is 15.2. The normalized spacial score (nSPS) is 15.3. The van der Waals surface area contributed by atoms with Crippen molar-refractivity contribution in [2.24, 2.45) is 0 Å². The molecule has 0 unspecified atom stereocenters. The van der Waals surface area contributed by atoms with Crippen LogP contribution in [0.15, 0.2) is 42.5 Å². The molecule has 1 aromatic heterocycles. The summed E-state index contributed by atoms with van der Waals surface area (Å²) in [4.78, 5) is 13.6. The summed E-state index contributed by atoms with van der Waals surface area (Å²) in [6, 6.07) is 15.1. The number of nitrogens with two attached hydrogens (primary N) is 1. The molecule has 5 nitrogen and oxygen atoms in total. The maximum absolute atomic E-state index is 6.02. The molecule has 32 heavy (non-hydrogen) atoms. The summed E-state index contributed by atoms with van der Waals surface area (Å²) in [5.41, 5.74) is 11.1. The van der Waals surface area contributed by atoms with Crippen LogP contribution in [0.1, 0.15) is 69.2 Å². The Morgan fingerprint density at radius 1 is 1.03 bits per heavy atom. The van der Waals surface area contributed by atoms with Crippen molar-refractivity contribution in [3.05, 3.63) is 53.9 Å². The summed E-state index contributed by atoms with van der Waals surface area (Å²) < 4.78 is 0. The first-order valence-electron chi connectivity index (χ1n) is 12.1. The van der Waals surface area contributed by atoms with Crippen molar-refractivity contribution in [3.8, 4) is 0 Å². The van der Waals surface area contributed by atoms with Gasteiger partial charge in [0.2, 0.25) is 0 Å². The van der Waals surface area contributed by atoms with Crippen LogP contribution in [0.25, 0.3) is 10.9 Å². The molecule has 2 N–H and O–H groups in total. The largest absolute Gasteiger partial charge is 0.383 e. The lowest BCUT2D eigenvalue weighted by Gasteiger charge is -2.36. The van der Waals surface area contributed by atoms with Crippen LogP contribution >= 0.6 is 0 Å². The summed E-state index contributed by atoms with van der Waals surface area (Å²) in [6.07, 6.45) is 6.25. The first kappa shape index (κ1) is 22.4. The lowest BCUT2D eigenvalue weighted by molar-refractivity contribution is 0.596. The van der Waals surface area contributed by atoms with Gasteiger partial charge in [0.25, 0.3) is 0 Å². The minimum absolute atomic E-state index is 0.537. The van der Waals surface area contributed by atoms with Crippen LogP contribution < -0.4 is 15.5 Å². The Kier molecular flexibility index (Phi) is 6.83. The molecule has 2 aliphatic rings. The third kappa shape index (κ3) is 4.82. The first-order chi connectivity index (χ1) is 15.5. The Hall–Kier alpha value is -2.82. The highest BCUT2D eigenvalue weighted by molar-refractivity contribution is 5.90. The lowest BCUT2D eigenvalue weighted by atomic mass is 9.91. The number of para-hydroxylation sites is 1. The zero-order chi connectivity index (χ0) is 22.7. The summed E-state index contributed by atoms with van der Waals surface area (Å²) >= 11 is 0. The zero-order valence-corrected chi connectivity index (χ0v) is 20.0. The second-order valence-electron chi connectivity index (χ2n) is 9.25. The maximum atomic E-state index is 6.02. The molecule has 170 valence electrons. The molecule has 1 saturated carbocycles. The molecule has 3 aromatic rings. The number of benzene rings is 2. The summed E-state index contributed by atoms with van der Waals surface area (Å²) in [6.45, 7) is 7.08. The van der Waals surface area contributed by atoms with Gasteiger partial charge in [0, 0.05) is 49.9 Å². The van der Waals surface area contributed by atoms with E-state index in [0.717, 1.165) is 28.3 Å². The maximum Gasteiger partial charge on any atom is 0.135 e. The first-order valence-corrected chi connectivity index (χ1v) is 12.1. The van der Waals surface area contributed by atoms with Gasteiger partial charge in [0.05, 0.1) is 5.52 Å². The molecule has 2 aromatic carbocycles. The monoisotopic (exact) mass is 431 g/mol. The Labute approximate surface area is 192 Å². The van der Waals surface area contributed by atoms with Gasteiger partial charge in [-0.25, -0.2) is 9.97 Å². The molecular weight excluding hydrogens is 394 g/mol. The minimum atomic E-state index is 0.537. The molecule has 0 radical (unpaired) electrons. The Bertz CT molecular complexity index is 1050. The molecule has 1 saturated heterocycles. The van der Waals surface area contributed by atoms with Crippen molar-refractivity contribution in [2.45, 2.75) is 57.8 Å². The molecule has 2 heterocycles. The minimum Gasteiger partial charge on any atom is -0.383 e. The fraction of sp³-hybridized carbons (Fsp3) is 0.481. The molecule has 0 bridgehead atoms. The van der Waals surface area contributed by atoms with Crippen LogP contribution in [0.3, 0.4) is 0 Å². The molecule has 0 amide bonds. The van der Waals surface area contributed by atoms with Crippen LogP contribution in [0, 0.1) is 0 Å². The summed E-state index contributed by atoms with van der Waals surface area (Å²) in [5.74, 6) is 2.78. The van der Waals surface area contributed by atoms with Gasteiger partial charge in [-0.05, 0) is 67.9 Å². The molecule has 0 spiro atoms. The predicted molar refractivity (Wildman–Crippen MR) is 137 cm³/mol. The second-order valence-corrected chi connectivity index (χ2v) is 9.25. The van der Waals surface area contributed by atoms with Crippen LogP contribution in [0.5, 0.6) is 0 Å². The van der Waals surface area contributed by atoms with Gasteiger partial charge < -0.3 is 15.5 Å². The van der Waals surface area contributed by atoms with Crippen molar-refractivity contribution < 1.29 is 0 Å². The van der Waals surface area contributed by atoms with Gasteiger partial charge in [-0.1, -0.05) is 32.0 Å². The number of nitrogen functional groups attached to an aromatic ring is 1. The number of anilines is 3. The highest BCUT2D eigenvalue weighted by Gasteiger charge is 2.27. The fourth-order valence-corrected chi connectivity index (χ4v) is 4.37. The Morgan fingerprint density at radius 3 is 2.34 bits per heavy atom. The molecule has 1 aliphatic heterocycles. The van der Waals surface area contributed by atoms with Crippen LogP contribution in [-0.2, 0) is 0 Å². The van der Waals surface area contributed by atoms with E-state index in [1.54, 1.807) is 5.56 Å². The van der Waals surface area contributed by atoms with E-state index in [4.69, 9.17) is 5.73 Å². The summed E-state index contributed by atoms with van der Waals surface area (Å²) in [7, 11) is 4.02. The van der Waals surface area contributed by atoms with Gasteiger partial charge in [-0.3, -0.25) is 0 Å². The van der Waals surface area contributed by atoms with Crippen molar-refractivity contribution in [1.82, 2.24) is 9.97 Å². The van der Waals surface area contributed by atoms with Gasteiger partial charge in [0.15, 0.2) is 0 Å². The number of rotatable bonds is 6. The predicted octanol–water partition coefficient (Wildman–Crippen LogP) is 5.96. The van der Waals surface area contributed by atoms with Crippen molar-refractivity contribution >= 4 is 28.1 Å². The number of hydrogen-bond acceptors (Lipinski definition) is 5. The van der Waals surface area contributed by atoms with E-state index in [-0.39, 0.29) is 0 Å². The van der Waals surface area contributed by atoms with Gasteiger partial charge in [-0.15, -0.1) is 0 Å². The molecule has 5 rings (SSSR count). The number of fused-ring (bicyclic) bond motifs is 1. The number of hydrogen-bond donors (Lipinski definition) is 1. The van der Waals surface area contributed by atoms with E-state index in [0.29, 0.717) is 11.7 Å². The third-order valence-corrected chi connectivity index (χ3v) is 6.74. The lowest BCUT2D eigenvalue weighted by Crippen LogP contribution is -2.37. The smallest absolute Gasteiger partial charge is 0.135 e. The fourth-order valence-electron chi connectivity index (χ4n) is 4.37. The highest BCUT2D eigenvalue weighted by Crippen LogP contribution is 2.39. The van der Waals surface area contributed by atoms with Gasteiger partial charge in [-0.2, -0.15) is 0 Å². The van der Waals surface area contributed by atoms with Crippen molar-refractivity contribution in [1.29, 1.82) is 0 Å². The third-order valence-electron chi connectivity index (χ3n) is 6.74. The molecule has 5 heteroatoms. The second kappa shape index (κ2) is 9.76. The van der Waals surface area contributed by atoms with Gasteiger partial charge in [0.1, 0.15) is 11.6 Å². The zero-order valence-electron chi connectivity index (χ0n) is 20.0. The number of aromatic nitrogens is 2. The number of nitrogens with zero attached hydrogens (tertiary/aromatic N) is 4. The van der Waals surface area contributed by atoms with E-state index in [1.807, 2.05) is 31.1 Å².